The molecule has 1 amide bonds. The van der Waals surface area contributed by atoms with Gasteiger partial charge in [-0.25, -0.2) is 0 Å². The average Bonchev–Trinajstić information content (AvgIpc) is 3.39. The summed E-state index contributed by atoms with van der Waals surface area (Å²) in [5.74, 6) is 3.42. The summed E-state index contributed by atoms with van der Waals surface area (Å²) in [4.78, 5) is 21.6. The van der Waals surface area contributed by atoms with Crippen molar-refractivity contribution in [2.75, 3.05) is 72.0 Å². The Morgan fingerprint density at radius 2 is 1.82 bits per heavy atom. The molecule has 8 heteroatoms. The van der Waals surface area contributed by atoms with Crippen molar-refractivity contribution >= 4 is 23.6 Å². The summed E-state index contributed by atoms with van der Waals surface area (Å²) < 4.78 is 5.56. The second-order valence-corrected chi connectivity index (χ2v) is 9.70. The third-order valence-electron chi connectivity index (χ3n) is 6.59. The maximum absolute atomic E-state index is 12.8. The van der Waals surface area contributed by atoms with Gasteiger partial charge in [0.25, 0.3) is 0 Å². The number of guanidine groups is 1. The van der Waals surface area contributed by atoms with Crippen LogP contribution in [0, 0.1) is 5.41 Å². The van der Waals surface area contributed by atoms with Crippen molar-refractivity contribution in [1.82, 2.24) is 20.4 Å². The molecule has 1 unspecified atom stereocenters. The van der Waals surface area contributed by atoms with Gasteiger partial charge in [-0.05, 0) is 25.0 Å². The number of nitrogens with one attached hydrogen (secondary N) is 2. The summed E-state index contributed by atoms with van der Waals surface area (Å²) in [7, 11) is 5.54. The standard InChI is InChI=1S/C20H37N5O2S/c1-21-18(22-14-19(6-4-5-7-19)17(26)24(2)3)23-15-20(8-13-28-16-20)25-9-11-27-12-10-25/h4-16H2,1-3H3,(H2,21,22,23). The number of nitrogens with zero attached hydrogens (tertiary/aromatic N) is 3. The van der Waals surface area contributed by atoms with Gasteiger partial charge in [0.1, 0.15) is 0 Å². The molecule has 2 aliphatic heterocycles. The Morgan fingerprint density at radius 1 is 1.14 bits per heavy atom. The number of morpholine rings is 1. The molecule has 0 aromatic carbocycles. The van der Waals surface area contributed by atoms with E-state index in [9.17, 15) is 4.79 Å². The van der Waals surface area contributed by atoms with E-state index in [4.69, 9.17) is 4.74 Å². The zero-order valence-corrected chi connectivity index (χ0v) is 18.6. The van der Waals surface area contributed by atoms with E-state index in [0.717, 1.165) is 70.2 Å². The van der Waals surface area contributed by atoms with E-state index >= 15 is 0 Å². The highest BCUT2D eigenvalue weighted by Gasteiger charge is 2.43. The molecule has 28 heavy (non-hydrogen) atoms. The van der Waals surface area contributed by atoms with Crippen LogP contribution in [0.4, 0.5) is 0 Å². The van der Waals surface area contributed by atoms with Gasteiger partial charge in [-0.15, -0.1) is 0 Å². The molecule has 3 fully saturated rings. The van der Waals surface area contributed by atoms with E-state index < -0.39 is 0 Å². The first-order valence-electron chi connectivity index (χ1n) is 10.6. The fourth-order valence-corrected chi connectivity index (χ4v) is 6.33. The average molecular weight is 412 g/mol. The lowest BCUT2D eigenvalue weighted by atomic mass is 9.84. The molecule has 0 radical (unpaired) electrons. The Bertz CT molecular complexity index is 551. The van der Waals surface area contributed by atoms with Crippen LogP contribution in [-0.2, 0) is 9.53 Å². The van der Waals surface area contributed by atoms with Crippen molar-refractivity contribution in [3.63, 3.8) is 0 Å². The minimum atomic E-state index is -0.285. The fourth-order valence-electron chi connectivity index (χ4n) is 4.85. The van der Waals surface area contributed by atoms with Gasteiger partial charge in [0.2, 0.25) is 5.91 Å². The highest BCUT2D eigenvalue weighted by molar-refractivity contribution is 7.99. The van der Waals surface area contributed by atoms with Crippen molar-refractivity contribution in [2.24, 2.45) is 10.4 Å². The highest BCUT2D eigenvalue weighted by Crippen LogP contribution is 2.39. The van der Waals surface area contributed by atoms with Crippen LogP contribution >= 0.6 is 11.8 Å². The third kappa shape index (κ3) is 4.76. The first kappa shape index (κ1) is 21.7. The summed E-state index contributed by atoms with van der Waals surface area (Å²) in [6, 6.07) is 0. The Kier molecular flexibility index (Phi) is 7.50. The SMILES string of the molecule is CN=C(NCC1(C(=O)N(C)C)CCCC1)NCC1(N2CCOCC2)CCSC1. The summed E-state index contributed by atoms with van der Waals surface area (Å²) in [6.07, 6.45) is 5.38. The minimum Gasteiger partial charge on any atom is -0.379 e. The van der Waals surface area contributed by atoms with E-state index in [2.05, 4.69) is 20.5 Å². The van der Waals surface area contributed by atoms with Crippen LogP contribution in [0.5, 0.6) is 0 Å². The molecule has 0 aromatic heterocycles. The number of rotatable bonds is 6. The molecule has 3 aliphatic rings. The number of carbonyl (C=O) groups excluding carboxylic acids is 1. The summed E-state index contributed by atoms with van der Waals surface area (Å²) >= 11 is 2.04. The van der Waals surface area contributed by atoms with Crippen LogP contribution < -0.4 is 10.6 Å². The molecule has 2 saturated heterocycles. The quantitative estimate of drug-likeness (QED) is 0.502. The largest absolute Gasteiger partial charge is 0.379 e. The van der Waals surface area contributed by atoms with E-state index in [0.29, 0.717) is 6.54 Å². The van der Waals surface area contributed by atoms with Crippen LogP contribution in [0.1, 0.15) is 32.1 Å². The van der Waals surface area contributed by atoms with Crippen molar-refractivity contribution in [3.05, 3.63) is 0 Å². The second kappa shape index (κ2) is 9.67. The Labute approximate surface area is 174 Å². The molecule has 160 valence electrons. The van der Waals surface area contributed by atoms with Crippen LogP contribution in [0.15, 0.2) is 4.99 Å². The van der Waals surface area contributed by atoms with Crippen molar-refractivity contribution < 1.29 is 9.53 Å². The lowest BCUT2D eigenvalue weighted by Gasteiger charge is -2.43. The molecule has 0 bridgehead atoms. The fraction of sp³-hybridized carbons (Fsp3) is 0.900. The summed E-state index contributed by atoms with van der Waals surface area (Å²) in [5, 5.41) is 7.05. The molecule has 0 aromatic rings. The van der Waals surface area contributed by atoms with Gasteiger partial charge in [-0.2, -0.15) is 11.8 Å². The van der Waals surface area contributed by atoms with Gasteiger partial charge in [-0.3, -0.25) is 14.7 Å². The zero-order chi connectivity index (χ0) is 20.0. The predicted molar refractivity (Wildman–Crippen MR) is 116 cm³/mol. The number of thioether (sulfide) groups is 1. The highest BCUT2D eigenvalue weighted by atomic mass is 32.2. The van der Waals surface area contributed by atoms with Gasteiger partial charge in [-0.1, -0.05) is 12.8 Å². The summed E-state index contributed by atoms with van der Waals surface area (Å²) in [5.41, 5.74) is -0.108. The molecule has 2 N–H and O–H groups in total. The first-order valence-corrected chi connectivity index (χ1v) is 11.7. The van der Waals surface area contributed by atoms with E-state index in [1.54, 1.807) is 4.90 Å². The Hall–Kier alpha value is -0.990. The molecule has 7 nitrogen and oxygen atoms in total. The normalized spacial score (nSPS) is 28.3. The molecule has 1 aliphatic carbocycles. The number of hydrogen-bond acceptors (Lipinski definition) is 5. The number of ether oxygens (including phenoxy) is 1. The number of carbonyl (C=O) groups is 1. The van der Waals surface area contributed by atoms with Crippen molar-refractivity contribution in [1.29, 1.82) is 0 Å². The van der Waals surface area contributed by atoms with Crippen LogP contribution in [0.2, 0.25) is 0 Å². The first-order chi connectivity index (χ1) is 13.5. The van der Waals surface area contributed by atoms with Gasteiger partial charge < -0.3 is 20.3 Å². The maximum Gasteiger partial charge on any atom is 0.230 e. The number of aliphatic imine (C=N–C) groups is 1. The van der Waals surface area contributed by atoms with Gasteiger partial charge in [0, 0.05) is 58.6 Å². The molecular weight excluding hydrogens is 374 g/mol. The smallest absolute Gasteiger partial charge is 0.230 e. The summed E-state index contributed by atoms with van der Waals surface area (Å²) in [6.45, 7) is 5.21. The van der Waals surface area contributed by atoms with Crippen LogP contribution in [0.3, 0.4) is 0 Å². The molecule has 1 saturated carbocycles. The van der Waals surface area contributed by atoms with E-state index in [1.807, 2.05) is 32.9 Å². The lowest BCUT2D eigenvalue weighted by Crippen LogP contribution is -2.60. The maximum atomic E-state index is 12.8. The molecule has 2 heterocycles. The number of amides is 1. The molecule has 1 atom stereocenters. The van der Waals surface area contributed by atoms with E-state index in [1.165, 1.54) is 12.2 Å². The van der Waals surface area contributed by atoms with E-state index in [-0.39, 0.29) is 16.9 Å². The Morgan fingerprint density at radius 3 is 2.39 bits per heavy atom. The topological polar surface area (TPSA) is 69.2 Å². The Balaban J connectivity index is 1.58. The number of hydrogen-bond donors (Lipinski definition) is 2. The predicted octanol–water partition coefficient (Wildman–Crippen LogP) is 1.01. The van der Waals surface area contributed by atoms with Gasteiger partial charge >= 0.3 is 0 Å². The van der Waals surface area contributed by atoms with Gasteiger partial charge in [0.05, 0.1) is 18.6 Å². The van der Waals surface area contributed by atoms with Gasteiger partial charge in [0.15, 0.2) is 5.96 Å². The lowest BCUT2D eigenvalue weighted by molar-refractivity contribution is -0.138. The monoisotopic (exact) mass is 411 g/mol. The van der Waals surface area contributed by atoms with Crippen LogP contribution in [-0.4, -0.2) is 99.2 Å². The van der Waals surface area contributed by atoms with Crippen LogP contribution in [0.25, 0.3) is 0 Å². The van der Waals surface area contributed by atoms with Crippen molar-refractivity contribution in [3.8, 4) is 0 Å². The third-order valence-corrected chi connectivity index (χ3v) is 7.82. The molecule has 0 spiro atoms. The molecular formula is C20H37N5O2S. The van der Waals surface area contributed by atoms with Crippen molar-refractivity contribution in [2.45, 2.75) is 37.6 Å². The zero-order valence-electron chi connectivity index (χ0n) is 17.8. The minimum absolute atomic E-state index is 0.177. The second-order valence-electron chi connectivity index (χ2n) is 8.59. The molecule has 3 rings (SSSR count).